The third kappa shape index (κ3) is 7.99. The number of amidine groups is 1. The second-order valence-electron chi connectivity index (χ2n) is 8.67. The van der Waals surface area contributed by atoms with Gasteiger partial charge in [-0.3, -0.25) is 14.2 Å². The first-order valence-electron chi connectivity index (χ1n) is 12.1. The van der Waals surface area contributed by atoms with Crippen LogP contribution in [0.25, 0.3) is 22.8 Å². The van der Waals surface area contributed by atoms with Gasteiger partial charge in [0.15, 0.2) is 11.4 Å². The molecule has 0 aliphatic carbocycles. The number of alkyl halides is 6. The van der Waals surface area contributed by atoms with E-state index < -0.39 is 53.0 Å². The lowest BCUT2D eigenvalue weighted by molar-refractivity contribution is -0.142. The zero-order valence-electron chi connectivity index (χ0n) is 23.5. The smallest absolute Gasteiger partial charge is 0.426 e. The summed E-state index contributed by atoms with van der Waals surface area (Å²) in [5, 5.41) is 7.20. The van der Waals surface area contributed by atoms with Crippen LogP contribution < -0.4 is 10.5 Å². The highest BCUT2D eigenvalue weighted by atomic mass is 19.4. The molecule has 0 atom stereocenters. The van der Waals surface area contributed by atoms with Crippen molar-refractivity contribution < 1.29 is 53.4 Å². The molecule has 46 heavy (non-hydrogen) atoms. The van der Waals surface area contributed by atoms with E-state index >= 15 is 0 Å². The molecule has 0 aromatic carbocycles. The fourth-order valence-corrected chi connectivity index (χ4v) is 3.45. The van der Waals surface area contributed by atoms with Crippen molar-refractivity contribution in [3.63, 3.8) is 0 Å². The monoisotopic (exact) mass is 666 g/mol. The fraction of sp³-hybridized carbons (Fsp3) is 0.192. The number of fused-ring (bicyclic) bond motifs is 2. The van der Waals surface area contributed by atoms with Crippen LogP contribution in [0.4, 0.5) is 43.9 Å². The molecule has 246 valence electrons. The normalized spacial score (nSPS) is 12.1. The Morgan fingerprint density at radius 2 is 1.39 bits per heavy atom. The average Bonchev–Trinajstić information content (AvgIpc) is 3.59. The van der Waals surface area contributed by atoms with Crippen LogP contribution in [-0.4, -0.2) is 55.0 Å². The van der Waals surface area contributed by atoms with E-state index in [1.807, 2.05) is 0 Å². The number of rotatable bonds is 4. The van der Waals surface area contributed by atoms with Crippen LogP contribution >= 0.6 is 0 Å². The van der Waals surface area contributed by atoms with Gasteiger partial charge in [-0.15, -0.1) is 0 Å². The van der Waals surface area contributed by atoms with Crippen LogP contribution in [0.3, 0.4) is 0 Å². The zero-order valence-corrected chi connectivity index (χ0v) is 23.5. The molecule has 0 saturated heterocycles. The molecular weight excluding hydrogens is 646 g/mol. The van der Waals surface area contributed by atoms with E-state index in [9.17, 15) is 43.9 Å². The molecule has 5 aromatic heterocycles. The number of pyridine rings is 2. The molecule has 0 amide bonds. The molecule has 0 fully saturated rings. The Morgan fingerprint density at radius 3 is 1.87 bits per heavy atom. The molecule has 3 N–H and O–H groups in total. The fourth-order valence-electron chi connectivity index (χ4n) is 3.45. The van der Waals surface area contributed by atoms with Gasteiger partial charge in [0.05, 0.1) is 26.6 Å². The largest absolute Gasteiger partial charge is 0.480 e. The Bertz CT molecular complexity index is 1900. The first kappa shape index (κ1) is 35.1. The maximum Gasteiger partial charge on any atom is 0.426 e. The topological polar surface area (TPSA) is 129 Å². The van der Waals surface area contributed by atoms with E-state index in [4.69, 9.17) is 11.1 Å². The highest BCUT2D eigenvalue weighted by molar-refractivity contribution is 5.93. The number of hydrogen-bond acceptors (Lipinski definition) is 7. The minimum Gasteiger partial charge on any atom is -0.480 e. The van der Waals surface area contributed by atoms with Crippen LogP contribution in [-0.2, 0) is 10.9 Å². The molecule has 5 aromatic rings. The maximum absolute atomic E-state index is 13.8. The average molecular weight is 666 g/mol. The van der Waals surface area contributed by atoms with Gasteiger partial charge < -0.3 is 15.2 Å². The Hall–Kier alpha value is -5.43. The summed E-state index contributed by atoms with van der Waals surface area (Å²) in [5.41, 5.74) is 3.51. The van der Waals surface area contributed by atoms with Crippen molar-refractivity contribution in [1.29, 1.82) is 5.41 Å². The van der Waals surface area contributed by atoms with Gasteiger partial charge in [0, 0.05) is 12.4 Å². The number of nitrogens with one attached hydrogen (secondary N) is 1. The second kappa shape index (κ2) is 13.7. The zero-order chi connectivity index (χ0) is 34.6. The minimum atomic E-state index is -5.01. The first-order valence-corrected chi connectivity index (χ1v) is 12.1. The van der Waals surface area contributed by atoms with Gasteiger partial charge >= 0.3 is 12.4 Å². The van der Waals surface area contributed by atoms with E-state index in [0.717, 1.165) is 26.5 Å². The standard InChI is InChI=1S/C13H7F5N4O.C8H7FN4.C5H6F4O/c1-23-12-9(13(16,17)18)10(15)20-11(21-12)7-4-19-8-3-2-6(14)5-22(7)8;9-5-1-2-7-12-3-6(8(10)11)13(7)4-5;1-3(4(6)10-2)5(7,8)9/h2-5H,1H3;1-4H,(H3,10,11);1-2H3/b;;4-3-. The lowest BCUT2D eigenvalue weighted by Gasteiger charge is -2.12. The van der Waals surface area contributed by atoms with Crippen molar-refractivity contribution in [2.24, 2.45) is 5.73 Å². The minimum absolute atomic E-state index is 0.0189. The van der Waals surface area contributed by atoms with Crippen molar-refractivity contribution >= 4 is 17.1 Å². The van der Waals surface area contributed by atoms with E-state index in [-0.39, 0.29) is 17.3 Å². The molecule has 5 rings (SSSR count). The lowest BCUT2D eigenvalue weighted by Crippen LogP contribution is -2.14. The predicted molar refractivity (Wildman–Crippen MR) is 141 cm³/mol. The number of ether oxygens (including phenoxy) is 2. The number of aromatic nitrogens is 6. The van der Waals surface area contributed by atoms with E-state index in [1.54, 1.807) is 0 Å². The highest BCUT2D eigenvalue weighted by Gasteiger charge is 2.40. The van der Waals surface area contributed by atoms with Crippen molar-refractivity contribution in [2.75, 3.05) is 14.2 Å². The molecule has 0 unspecified atom stereocenters. The molecule has 0 radical (unpaired) electrons. The molecule has 0 aliphatic rings. The molecule has 5 heterocycles. The van der Waals surface area contributed by atoms with Gasteiger partial charge in [0.2, 0.25) is 11.8 Å². The highest BCUT2D eigenvalue weighted by Crippen LogP contribution is 2.37. The number of nitrogens with two attached hydrogens (primary N) is 1. The number of allylic oxidation sites excluding steroid dienone is 1. The van der Waals surface area contributed by atoms with Crippen molar-refractivity contribution in [3.8, 4) is 17.4 Å². The molecule has 0 aliphatic heterocycles. The Kier molecular flexibility index (Phi) is 10.4. The van der Waals surface area contributed by atoms with Gasteiger partial charge in [-0.25, -0.2) is 18.7 Å². The summed E-state index contributed by atoms with van der Waals surface area (Å²) >= 11 is 0. The molecule has 10 nitrogen and oxygen atoms in total. The van der Waals surface area contributed by atoms with Crippen LogP contribution in [0.1, 0.15) is 18.2 Å². The summed E-state index contributed by atoms with van der Waals surface area (Å²) in [5.74, 6) is -4.29. The van der Waals surface area contributed by atoms with Gasteiger partial charge in [0.1, 0.15) is 45.7 Å². The maximum atomic E-state index is 13.8. The lowest BCUT2D eigenvalue weighted by atomic mass is 10.3. The number of hydrogen-bond donors (Lipinski definition) is 2. The van der Waals surface area contributed by atoms with Crippen molar-refractivity contribution in [3.05, 3.63) is 89.5 Å². The third-order valence-electron chi connectivity index (χ3n) is 5.65. The molecular formula is C26H20F10N8O2. The Labute approximate surface area is 251 Å². The summed E-state index contributed by atoms with van der Waals surface area (Å²) in [6.07, 6.45) is -4.74. The molecule has 0 spiro atoms. The summed E-state index contributed by atoms with van der Waals surface area (Å²) < 4.78 is 136. The quantitative estimate of drug-likeness (QED) is 0.0763. The number of nitrogens with zero attached hydrogens (tertiary/aromatic N) is 6. The Balaban J connectivity index is 0.000000211. The van der Waals surface area contributed by atoms with E-state index in [2.05, 4.69) is 29.4 Å². The third-order valence-corrected chi connectivity index (χ3v) is 5.65. The van der Waals surface area contributed by atoms with E-state index in [1.165, 1.54) is 45.6 Å². The van der Waals surface area contributed by atoms with Gasteiger partial charge in [-0.05, 0) is 31.2 Å². The summed E-state index contributed by atoms with van der Waals surface area (Å²) in [4.78, 5) is 14.7. The van der Waals surface area contributed by atoms with Gasteiger partial charge in [-0.1, -0.05) is 0 Å². The predicted octanol–water partition coefficient (Wildman–Crippen LogP) is 6.25. The van der Waals surface area contributed by atoms with Crippen molar-refractivity contribution in [1.82, 2.24) is 28.7 Å². The number of imidazole rings is 2. The molecule has 0 bridgehead atoms. The second-order valence-corrected chi connectivity index (χ2v) is 8.67. The van der Waals surface area contributed by atoms with Crippen LogP contribution in [0.15, 0.2) is 60.6 Å². The number of methoxy groups -OCH3 is 2. The molecule has 20 heteroatoms. The number of nitrogen functional groups attached to an aromatic ring is 1. The van der Waals surface area contributed by atoms with Crippen LogP contribution in [0.5, 0.6) is 5.88 Å². The van der Waals surface area contributed by atoms with Gasteiger partial charge in [-0.2, -0.15) is 45.1 Å². The van der Waals surface area contributed by atoms with Crippen LogP contribution in [0.2, 0.25) is 0 Å². The van der Waals surface area contributed by atoms with E-state index in [0.29, 0.717) is 23.9 Å². The summed E-state index contributed by atoms with van der Waals surface area (Å²) in [7, 11) is 1.76. The number of halogens is 10. The Morgan fingerprint density at radius 1 is 0.848 bits per heavy atom. The molecule has 0 saturated carbocycles. The SMILES string of the molecule is CO/C(F)=C(/C)C(F)(F)F.COc1nc(-c2cnc3ccc(F)cn23)nc(F)c1C(F)(F)F.N=C(N)c1cnc2ccc(F)cn12. The summed E-state index contributed by atoms with van der Waals surface area (Å²) in [6, 6.07) is 3.75. The van der Waals surface area contributed by atoms with Gasteiger partial charge in [0.25, 0.3) is 6.01 Å². The van der Waals surface area contributed by atoms with Crippen molar-refractivity contribution in [2.45, 2.75) is 19.3 Å². The summed E-state index contributed by atoms with van der Waals surface area (Å²) in [6.45, 7) is 0.610. The first-order chi connectivity index (χ1) is 21.4. The van der Waals surface area contributed by atoms with Crippen LogP contribution in [0, 0.1) is 23.0 Å².